The van der Waals surface area contributed by atoms with Crippen molar-refractivity contribution in [3.05, 3.63) is 29.8 Å². The molecule has 2 saturated heterocycles. The average molecular weight is 385 g/mol. The molecule has 1 atom stereocenters. The van der Waals surface area contributed by atoms with Gasteiger partial charge in [0.1, 0.15) is 5.75 Å². The Kier molecular flexibility index (Phi) is 5.88. The summed E-state index contributed by atoms with van der Waals surface area (Å²) in [4.78, 5) is 29.4. The third kappa shape index (κ3) is 4.18. The van der Waals surface area contributed by atoms with Crippen LogP contribution in [0.4, 0.5) is 0 Å². The third-order valence-corrected chi connectivity index (χ3v) is 6.88. The summed E-state index contributed by atoms with van der Waals surface area (Å²) >= 11 is 0. The number of hydrogen-bond donors (Lipinski definition) is 0. The van der Waals surface area contributed by atoms with Gasteiger partial charge in [-0.25, -0.2) is 0 Å². The number of hydrogen-bond acceptors (Lipinski definition) is 3. The fraction of sp³-hybridized carbons (Fsp3) is 0.652. The first-order valence-electron chi connectivity index (χ1n) is 10.8. The zero-order valence-corrected chi connectivity index (χ0v) is 16.9. The molecule has 152 valence electrons. The Balaban J connectivity index is 1.26. The van der Waals surface area contributed by atoms with E-state index in [1.54, 1.807) is 7.11 Å². The van der Waals surface area contributed by atoms with Crippen LogP contribution < -0.4 is 4.74 Å². The summed E-state index contributed by atoms with van der Waals surface area (Å²) in [5.74, 6) is 1.79. The first kappa shape index (κ1) is 19.3. The fourth-order valence-corrected chi connectivity index (χ4v) is 5.18. The molecule has 0 N–H and O–H groups in total. The van der Waals surface area contributed by atoms with Crippen molar-refractivity contribution in [2.24, 2.45) is 11.8 Å². The van der Waals surface area contributed by atoms with Gasteiger partial charge in [0.05, 0.1) is 13.0 Å². The SMILES string of the molecule is COc1ccc(CC2CCN(C(=O)C3CC(=O)N(C4CCCC4)C3)CC2)cc1. The number of amides is 2. The van der Waals surface area contributed by atoms with E-state index in [2.05, 4.69) is 12.1 Å². The minimum Gasteiger partial charge on any atom is -0.497 e. The van der Waals surface area contributed by atoms with E-state index in [0.717, 1.165) is 50.9 Å². The molecular formula is C23H32N2O3. The summed E-state index contributed by atoms with van der Waals surface area (Å²) in [6.45, 7) is 2.30. The van der Waals surface area contributed by atoms with Gasteiger partial charge in [0.2, 0.25) is 11.8 Å². The molecule has 1 aromatic carbocycles. The Labute approximate surface area is 168 Å². The van der Waals surface area contributed by atoms with Crippen LogP contribution in [0.2, 0.25) is 0 Å². The second-order valence-electron chi connectivity index (χ2n) is 8.71. The molecule has 5 nitrogen and oxygen atoms in total. The Morgan fingerprint density at radius 3 is 2.39 bits per heavy atom. The summed E-state index contributed by atoms with van der Waals surface area (Å²) < 4.78 is 5.22. The zero-order chi connectivity index (χ0) is 19.5. The molecule has 0 radical (unpaired) electrons. The minimum absolute atomic E-state index is 0.119. The number of carbonyl (C=O) groups excluding carboxylic acids is 2. The molecule has 0 spiro atoms. The van der Waals surface area contributed by atoms with Crippen molar-refractivity contribution < 1.29 is 14.3 Å². The van der Waals surface area contributed by atoms with Crippen LogP contribution in [-0.2, 0) is 16.0 Å². The zero-order valence-electron chi connectivity index (χ0n) is 16.9. The van der Waals surface area contributed by atoms with Crippen LogP contribution in [0, 0.1) is 11.8 Å². The van der Waals surface area contributed by atoms with Gasteiger partial charge in [-0.15, -0.1) is 0 Å². The average Bonchev–Trinajstić information content (AvgIpc) is 3.38. The van der Waals surface area contributed by atoms with Crippen LogP contribution in [0.25, 0.3) is 0 Å². The van der Waals surface area contributed by atoms with Gasteiger partial charge in [0.25, 0.3) is 0 Å². The summed E-state index contributed by atoms with van der Waals surface area (Å²) in [6.07, 6.45) is 8.23. The highest BCUT2D eigenvalue weighted by atomic mass is 16.5. The van der Waals surface area contributed by atoms with Crippen LogP contribution in [0.3, 0.4) is 0 Å². The van der Waals surface area contributed by atoms with E-state index in [1.165, 1.54) is 18.4 Å². The van der Waals surface area contributed by atoms with Crippen LogP contribution in [0.5, 0.6) is 5.75 Å². The molecule has 3 aliphatic rings. The number of ether oxygens (including phenoxy) is 1. The number of rotatable bonds is 5. The van der Waals surface area contributed by atoms with E-state index in [4.69, 9.17) is 4.74 Å². The maximum Gasteiger partial charge on any atom is 0.227 e. The minimum atomic E-state index is -0.119. The van der Waals surface area contributed by atoms with Crippen molar-refractivity contribution in [1.29, 1.82) is 0 Å². The molecule has 4 rings (SSSR count). The molecule has 1 aliphatic carbocycles. The Hall–Kier alpha value is -2.04. The smallest absolute Gasteiger partial charge is 0.227 e. The summed E-state index contributed by atoms with van der Waals surface area (Å²) in [5, 5.41) is 0. The van der Waals surface area contributed by atoms with E-state index in [9.17, 15) is 9.59 Å². The van der Waals surface area contributed by atoms with Crippen LogP contribution in [0.15, 0.2) is 24.3 Å². The Bertz CT molecular complexity index is 688. The van der Waals surface area contributed by atoms with Gasteiger partial charge in [0.15, 0.2) is 0 Å². The lowest BCUT2D eigenvalue weighted by molar-refractivity contribution is -0.137. The molecule has 0 aromatic heterocycles. The van der Waals surface area contributed by atoms with Crippen LogP contribution >= 0.6 is 0 Å². The molecule has 5 heteroatoms. The van der Waals surface area contributed by atoms with E-state index < -0.39 is 0 Å². The highest BCUT2D eigenvalue weighted by Gasteiger charge is 2.40. The summed E-state index contributed by atoms with van der Waals surface area (Å²) in [7, 11) is 1.69. The van der Waals surface area contributed by atoms with Gasteiger partial charge in [0, 0.05) is 32.1 Å². The van der Waals surface area contributed by atoms with Crippen LogP contribution in [-0.4, -0.2) is 54.4 Å². The van der Waals surface area contributed by atoms with Crippen molar-refractivity contribution >= 4 is 11.8 Å². The number of likely N-dealkylation sites (tertiary alicyclic amines) is 2. The van der Waals surface area contributed by atoms with Gasteiger partial charge in [-0.3, -0.25) is 9.59 Å². The molecule has 3 fully saturated rings. The van der Waals surface area contributed by atoms with Gasteiger partial charge in [-0.1, -0.05) is 25.0 Å². The quantitative estimate of drug-likeness (QED) is 0.783. The monoisotopic (exact) mass is 384 g/mol. The van der Waals surface area contributed by atoms with Crippen molar-refractivity contribution in [1.82, 2.24) is 9.80 Å². The topological polar surface area (TPSA) is 49.9 Å². The number of piperidine rings is 1. The predicted molar refractivity (Wildman–Crippen MR) is 108 cm³/mol. The predicted octanol–water partition coefficient (Wildman–Crippen LogP) is 3.27. The lowest BCUT2D eigenvalue weighted by Crippen LogP contribution is -2.43. The van der Waals surface area contributed by atoms with Crippen molar-refractivity contribution in [3.8, 4) is 5.75 Å². The molecule has 1 unspecified atom stereocenters. The number of carbonyl (C=O) groups is 2. The maximum atomic E-state index is 13.0. The Morgan fingerprint density at radius 1 is 1.07 bits per heavy atom. The maximum absolute atomic E-state index is 13.0. The number of methoxy groups -OCH3 is 1. The summed E-state index contributed by atoms with van der Waals surface area (Å²) in [6, 6.07) is 8.69. The van der Waals surface area contributed by atoms with Crippen molar-refractivity contribution in [2.75, 3.05) is 26.7 Å². The third-order valence-electron chi connectivity index (χ3n) is 6.88. The molecule has 2 amide bonds. The van der Waals surface area contributed by atoms with Gasteiger partial charge in [-0.2, -0.15) is 0 Å². The molecule has 28 heavy (non-hydrogen) atoms. The standard InChI is InChI=1S/C23H32N2O3/c1-28-21-8-6-17(7-9-21)14-18-10-12-24(13-11-18)23(27)19-15-22(26)25(16-19)20-4-2-3-5-20/h6-9,18-20H,2-5,10-16H2,1H3. The van der Waals surface area contributed by atoms with E-state index in [-0.39, 0.29) is 17.7 Å². The van der Waals surface area contributed by atoms with E-state index in [0.29, 0.717) is 24.9 Å². The molecule has 2 heterocycles. The summed E-state index contributed by atoms with van der Waals surface area (Å²) in [5.41, 5.74) is 1.33. The van der Waals surface area contributed by atoms with Gasteiger partial charge >= 0.3 is 0 Å². The lowest BCUT2D eigenvalue weighted by Gasteiger charge is -2.33. The molecular weight excluding hydrogens is 352 g/mol. The molecule has 1 aromatic rings. The van der Waals surface area contributed by atoms with Crippen molar-refractivity contribution in [3.63, 3.8) is 0 Å². The fourth-order valence-electron chi connectivity index (χ4n) is 5.18. The Morgan fingerprint density at radius 2 is 1.75 bits per heavy atom. The van der Waals surface area contributed by atoms with Gasteiger partial charge < -0.3 is 14.5 Å². The van der Waals surface area contributed by atoms with Crippen LogP contribution in [0.1, 0.15) is 50.5 Å². The number of benzene rings is 1. The van der Waals surface area contributed by atoms with Gasteiger partial charge in [-0.05, 0) is 55.7 Å². The molecule has 2 aliphatic heterocycles. The normalized spacial score (nSPS) is 24.2. The molecule has 0 bridgehead atoms. The highest BCUT2D eigenvalue weighted by Crippen LogP contribution is 2.31. The van der Waals surface area contributed by atoms with E-state index in [1.807, 2.05) is 21.9 Å². The highest BCUT2D eigenvalue weighted by molar-refractivity contribution is 5.89. The van der Waals surface area contributed by atoms with Crippen molar-refractivity contribution in [2.45, 2.75) is 57.4 Å². The van der Waals surface area contributed by atoms with E-state index >= 15 is 0 Å². The largest absolute Gasteiger partial charge is 0.497 e. The number of nitrogens with zero attached hydrogens (tertiary/aromatic N) is 2. The first-order chi connectivity index (χ1) is 13.6. The first-order valence-corrected chi connectivity index (χ1v) is 10.8. The second-order valence-corrected chi connectivity index (χ2v) is 8.71. The lowest BCUT2D eigenvalue weighted by atomic mass is 9.89. The second kappa shape index (κ2) is 8.54. The molecule has 1 saturated carbocycles.